The summed E-state index contributed by atoms with van der Waals surface area (Å²) in [4.78, 5) is 12.2. The summed E-state index contributed by atoms with van der Waals surface area (Å²) in [6, 6.07) is 12.5. The maximum Gasteiger partial charge on any atom is 0.418 e. The van der Waals surface area contributed by atoms with Crippen LogP contribution in [-0.4, -0.2) is 17.3 Å². The number of halogens is 3. The molecule has 0 bridgehead atoms. The lowest BCUT2D eigenvalue weighted by Gasteiger charge is -2.38. The van der Waals surface area contributed by atoms with E-state index in [2.05, 4.69) is 0 Å². The van der Waals surface area contributed by atoms with Crippen molar-refractivity contribution < 1.29 is 41.3 Å². The molecule has 11 heteroatoms. The third kappa shape index (κ3) is 3.62. The minimum Gasteiger partial charge on any atom is -0.588 e. The number of hydrogen-bond acceptors (Lipinski definition) is 6. The normalized spacial score (nSPS) is 18.9. The number of benzene rings is 3. The number of rotatable bonds is 4. The van der Waals surface area contributed by atoms with Gasteiger partial charge in [-0.25, -0.2) is 0 Å². The number of nitrogens with zero attached hydrogens (tertiary/aromatic N) is 1. The molecule has 2 aliphatic heterocycles. The van der Waals surface area contributed by atoms with Crippen LogP contribution in [0.3, 0.4) is 0 Å². The number of para-hydroxylation sites is 1. The lowest BCUT2D eigenvalue weighted by molar-refractivity contribution is -0.299. The van der Waals surface area contributed by atoms with Crippen molar-refractivity contribution in [3.8, 4) is 11.5 Å². The number of hydrogen-bond donors (Lipinski definition) is 0. The number of carboxylic acids is 1. The molecule has 0 aromatic heterocycles. The monoisotopic (exact) mass is 516 g/mol. The first-order chi connectivity index (χ1) is 17.1. The minimum absolute atomic E-state index is 0.0124. The molecule has 1 atom stereocenters. The summed E-state index contributed by atoms with van der Waals surface area (Å²) < 4.78 is 80.3. The Morgan fingerprint density at radius 1 is 1.08 bits per heavy atom. The summed E-state index contributed by atoms with van der Waals surface area (Å²) in [6.45, 7) is 1.77. The van der Waals surface area contributed by atoms with Gasteiger partial charge in [-0.05, 0) is 53.9 Å². The van der Waals surface area contributed by atoms with Gasteiger partial charge in [-0.15, -0.1) is 0 Å². The number of ether oxygens (including phenoxy) is 2. The molecule has 2 aliphatic rings. The van der Waals surface area contributed by atoms with Crippen molar-refractivity contribution >= 4 is 27.6 Å². The number of carbonyl (C=O) groups is 1. The molecule has 0 amide bonds. The quantitative estimate of drug-likeness (QED) is 0.487. The summed E-state index contributed by atoms with van der Waals surface area (Å²) in [5.41, 5.74) is -2.33. The molecular weight excluding hydrogens is 499 g/mol. The molecule has 186 valence electrons. The number of aryl methyl sites for hydroxylation is 1. The summed E-state index contributed by atoms with van der Waals surface area (Å²) in [5, 5.41) is 12.6. The third-order valence-electron chi connectivity index (χ3n) is 5.96. The smallest absolute Gasteiger partial charge is 0.418 e. The Morgan fingerprint density at radius 3 is 2.47 bits per heavy atom. The highest BCUT2D eigenvalue weighted by atomic mass is 32.3. The molecule has 0 saturated carbocycles. The summed E-state index contributed by atoms with van der Waals surface area (Å²) in [5.74, 6) is -1.19. The van der Waals surface area contributed by atoms with Crippen molar-refractivity contribution in [3.63, 3.8) is 0 Å². The highest BCUT2D eigenvalue weighted by Crippen LogP contribution is 2.49. The molecule has 0 fully saturated rings. The average molecular weight is 516 g/mol. The van der Waals surface area contributed by atoms with Crippen LogP contribution in [0.1, 0.15) is 29.2 Å². The minimum atomic E-state index is -4.96. The summed E-state index contributed by atoms with van der Waals surface area (Å²) in [7, 11) is -4.78. The van der Waals surface area contributed by atoms with Crippen LogP contribution in [0.4, 0.5) is 18.9 Å². The Bertz CT molecular complexity index is 1480. The van der Waals surface area contributed by atoms with E-state index in [9.17, 15) is 31.8 Å². The van der Waals surface area contributed by atoms with Crippen LogP contribution >= 0.6 is 0 Å². The zero-order valence-electron chi connectivity index (χ0n) is 18.6. The first-order valence-electron chi connectivity index (χ1n) is 10.7. The maximum atomic E-state index is 13.9. The number of anilines is 1. The van der Waals surface area contributed by atoms with Crippen LogP contribution < -0.4 is 18.9 Å². The number of carbonyl (C=O) groups excluding carboxylic acids is 1. The van der Waals surface area contributed by atoms with E-state index in [-0.39, 0.29) is 32.7 Å². The van der Waals surface area contributed by atoms with Crippen LogP contribution in [0, 0.1) is 0 Å². The Morgan fingerprint density at radius 2 is 1.78 bits per heavy atom. The Kier molecular flexibility index (Phi) is 5.56. The van der Waals surface area contributed by atoms with Crippen LogP contribution in [0.5, 0.6) is 11.5 Å². The highest BCUT2D eigenvalue weighted by Gasteiger charge is 2.47. The van der Waals surface area contributed by atoms with E-state index in [1.54, 1.807) is 6.07 Å². The topological polar surface area (TPSA) is 102 Å². The van der Waals surface area contributed by atoms with Gasteiger partial charge in [0, 0.05) is 11.1 Å². The molecule has 1 unspecified atom stereocenters. The van der Waals surface area contributed by atoms with Gasteiger partial charge in [0.1, 0.15) is 11.4 Å². The van der Waals surface area contributed by atoms with E-state index in [0.29, 0.717) is 29.5 Å². The van der Waals surface area contributed by atoms with Crippen molar-refractivity contribution in [2.45, 2.75) is 24.4 Å². The van der Waals surface area contributed by atoms with E-state index in [4.69, 9.17) is 9.47 Å². The molecule has 2 heterocycles. The van der Waals surface area contributed by atoms with E-state index in [1.165, 1.54) is 36.4 Å². The molecule has 7 nitrogen and oxygen atoms in total. The molecule has 0 radical (unpaired) electrons. The highest BCUT2D eigenvalue weighted by molar-refractivity contribution is 7.99. The fourth-order valence-corrected chi connectivity index (χ4v) is 6.17. The van der Waals surface area contributed by atoms with Gasteiger partial charge in [-0.3, -0.25) is 0 Å². The van der Waals surface area contributed by atoms with Gasteiger partial charge in [0.05, 0.1) is 11.5 Å². The van der Waals surface area contributed by atoms with E-state index >= 15 is 0 Å². The summed E-state index contributed by atoms with van der Waals surface area (Å²) in [6.07, 6.45) is -4.50. The first-order valence-corrected chi connectivity index (χ1v) is 12.2. The van der Waals surface area contributed by atoms with Crippen molar-refractivity contribution in [1.82, 2.24) is 0 Å². The summed E-state index contributed by atoms with van der Waals surface area (Å²) >= 11 is 0. The van der Waals surface area contributed by atoms with Crippen LogP contribution in [0.15, 0.2) is 71.3 Å². The second kappa shape index (κ2) is 8.38. The van der Waals surface area contributed by atoms with Gasteiger partial charge in [0.25, 0.3) is 0 Å². The van der Waals surface area contributed by atoms with Gasteiger partial charge in [0.2, 0.25) is 6.79 Å². The number of fused-ring (bicyclic) bond motifs is 2. The van der Waals surface area contributed by atoms with Gasteiger partial charge >= 0.3 is 6.18 Å². The Hall–Kier alpha value is -3.83. The molecule has 0 saturated heterocycles. The number of aliphatic carboxylic acids is 1. The molecule has 0 spiro atoms. The van der Waals surface area contributed by atoms with E-state index in [1.807, 2.05) is 6.92 Å². The van der Waals surface area contributed by atoms with Crippen LogP contribution in [0.25, 0.3) is 5.57 Å². The zero-order valence-corrected chi connectivity index (χ0v) is 19.4. The van der Waals surface area contributed by atoms with Crippen molar-refractivity contribution in [2.24, 2.45) is 0 Å². The lowest BCUT2D eigenvalue weighted by atomic mass is 9.92. The van der Waals surface area contributed by atoms with Crippen molar-refractivity contribution in [2.75, 3.05) is 11.1 Å². The van der Waals surface area contributed by atoms with E-state index in [0.717, 1.165) is 12.1 Å². The molecule has 3 aromatic rings. The standard InChI is InChI=1S/C25H18F3NO6S/c1-2-14-11-15(12-19-23(14)35-13-34-19)21-16-7-3-6-10-20(16)36(32,33)29(22(21)24(30)31)18-9-5-4-8-17(18)25(26,27)28/h3-12H,2,13H2,1H3,(H-,30,31,32,33)/p-1. The SMILES string of the molecule is CCc1cc(C2=C(C(=O)[O-])N(c3ccccc3C(F)(F)F)[S+](=O)([O-])c3ccccc32)cc2c1OCO2. The number of carboxylic acid groups (broad SMARTS) is 1. The fraction of sp³-hybridized carbons (Fsp3) is 0.160. The van der Waals surface area contributed by atoms with Crippen LogP contribution in [0.2, 0.25) is 0 Å². The van der Waals surface area contributed by atoms with Gasteiger partial charge in [-0.1, -0.05) is 35.4 Å². The Labute approximate surface area is 204 Å². The van der Waals surface area contributed by atoms with Crippen LogP contribution in [-0.2, 0) is 32.0 Å². The molecule has 0 aliphatic carbocycles. The van der Waals surface area contributed by atoms with Crippen molar-refractivity contribution in [3.05, 3.63) is 88.6 Å². The fourth-order valence-electron chi connectivity index (χ4n) is 4.45. The Balaban J connectivity index is 1.91. The predicted octanol–water partition coefficient (Wildman–Crippen LogP) is 3.93. The zero-order chi connectivity index (χ0) is 25.8. The van der Waals surface area contributed by atoms with Gasteiger partial charge in [0.15, 0.2) is 26.8 Å². The number of sulfonamides is 1. The molecular formula is C25H17F3NO6S-. The van der Waals surface area contributed by atoms with Gasteiger partial charge < -0.3 is 23.9 Å². The van der Waals surface area contributed by atoms with E-state index < -0.39 is 39.5 Å². The molecule has 3 aromatic carbocycles. The third-order valence-corrected chi connectivity index (χ3v) is 7.73. The molecule has 0 N–H and O–H groups in total. The lowest BCUT2D eigenvalue weighted by Crippen LogP contribution is -2.46. The largest absolute Gasteiger partial charge is 0.588 e. The average Bonchev–Trinajstić information content (AvgIpc) is 3.31. The molecule has 36 heavy (non-hydrogen) atoms. The molecule has 5 rings (SSSR count). The first kappa shape index (κ1) is 23.9. The van der Waals surface area contributed by atoms with Gasteiger partial charge in [-0.2, -0.15) is 17.5 Å². The second-order valence-electron chi connectivity index (χ2n) is 8.01. The maximum absolute atomic E-state index is 13.9. The predicted molar refractivity (Wildman–Crippen MR) is 120 cm³/mol. The van der Waals surface area contributed by atoms with Crippen molar-refractivity contribution in [1.29, 1.82) is 0 Å². The second-order valence-corrected chi connectivity index (χ2v) is 9.77. The number of alkyl halides is 3.